The number of halogens is 1. The van der Waals surface area contributed by atoms with Gasteiger partial charge >= 0.3 is 0 Å². The van der Waals surface area contributed by atoms with Crippen LogP contribution in [0.4, 0.5) is 0 Å². The van der Waals surface area contributed by atoms with E-state index in [0.29, 0.717) is 22.4 Å². The van der Waals surface area contributed by atoms with Crippen LogP contribution in [-0.4, -0.2) is 4.98 Å². The minimum atomic E-state index is 0.449. The standard InChI is InChI=1S/C13H8ClNO2/c14-10-5-2-1-4-9(10)12-8-15-13(17-12)11-6-3-7-16-11/h1-8H. The van der Waals surface area contributed by atoms with Gasteiger partial charge in [0, 0.05) is 5.56 Å². The van der Waals surface area contributed by atoms with Gasteiger partial charge in [-0.2, -0.15) is 0 Å². The highest BCUT2D eigenvalue weighted by molar-refractivity contribution is 6.33. The average Bonchev–Trinajstić information content (AvgIpc) is 3.00. The second-order valence-corrected chi connectivity index (χ2v) is 3.89. The molecule has 84 valence electrons. The van der Waals surface area contributed by atoms with Crippen molar-refractivity contribution >= 4 is 11.6 Å². The van der Waals surface area contributed by atoms with Crippen LogP contribution in [0.3, 0.4) is 0 Å². The molecule has 0 saturated carbocycles. The van der Waals surface area contributed by atoms with Gasteiger partial charge in [0.1, 0.15) is 0 Å². The number of rotatable bonds is 2. The van der Waals surface area contributed by atoms with Gasteiger partial charge in [0.2, 0.25) is 0 Å². The molecule has 3 rings (SSSR count). The molecule has 0 atom stereocenters. The molecule has 0 radical (unpaired) electrons. The fourth-order valence-corrected chi connectivity index (χ4v) is 1.80. The molecule has 2 aromatic heterocycles. The van der Waals surface area contributed by atoms with Crippen LogP contribution >= 0.6 is 11.6 Å². The molecule has 0 spiro atoms. The number of benzene rings is 1. The Kier molecular flexibility index (Phi) is 2.46. The minimum absolute atomic E-state index is 0.449. The zero-order valence-electron chi connectivity index (χ0n) is 8.76. The first-order valence-corrected chi connectivity index (χ1v) is 5.47. The normalized spacial score (nSPS) is 10.6. The topological polar surface area (TPSA) is 39.2 Å². The summed E-state index contributed by atoms with van der Waals surface area (Å²) in [6.07, 6.45) is 3.22. The molecule has 2 heterocycles. The fraction of sp³-hybridized carbons (Fsp3) is 0. The lowest BCUT2D eigenvalue weighted by atomic mass is 10.2. The van der Waals surface area contributed by atoms with Crippen molar-refractivity contribution in [3.8, 4) is 23.0 Å². The van der Waals surface area contributed by atoms with Crippen LogP contribution in [0.5, 0.6) is 0 Å². The summed E-state index contributed by atoms with van der Waals surface area (Å²) in [4.78, 5) is 4.16. The van der Waals surface area contributed by atoms with E-state index in [2.05, 4.69) is 4.98 Å². The van der Waals surface area contributed by atoms with Crippen LogP contribution in [-0.2, 0) is 0 Å². The van der Waals surface area contributed by atoms with Gasteiger partial charge in [-0.05, 0) is 24.3 Å². The van der Waals surface area contributed by atoms with Gasteiger partial charge in [-0.1, -0.05) is 23.7 Å². The summed E-state index contributed by atoms with van der Waals surface area (Å²) in [5.74, 6) is 1.68. The van der Waals surface area contributed by atoms with Gasteiger partial charge in [0.25, 0.3) is 5.89 Å². The molecular formula is C13H8ClNO2. The van der Waals surface area contributed by atoms with Gasteiger partial charge in [-0.25, -0.2) is 4.98 Å². The van der Waals surface area contributed by atoms with Gasteiger partial charge < -0.3 is 8.83 Å². The second kappa shape index (κ2) is 4.11. The Morgan fingerprint density at radius 1 is 1.00 bits per heavy atom. The van der Waals surface area contributed by atoms with Gasteiger partial charge in [0.15, 0.2) is 11.5 Å². The third-order valence-corrected chi connectivity index (χ3v) is 2.71. The summed E-state index contributed by atoms with van der Waals surface area (Å²) in [7, 11) is 0. The van der Waals surface area contributed by atoms with Crippen LogP contribution in [0, 0.1) is 0 Å². The summed E-state index contributed by atoms with van der Waals surface area (Å²) in [6, 6.07) is 11.0. The fourth-order valence-electron chi connectivity index (χ4n) is 1.57. The minimum Gasteiger partial charge on any atom is -0.459 e. The Hall–Kier alpha value is -2.00. The Morgan fingerprint density at radius 3 is 2.65 bits per heavy atom. The molecule has 0 aliphatic carbocycles. The van der Waals surface area contributed by atoms with Crippen molar-refractivity contribution in [3.05, 3.63) is 53.9 Å². The summed E-state index contributed by atoms with van der Waals surface area (Å²) in [6.45, 7) is 0. The highest BCUT2D eigenvalue weighted by atomic mass is 35.5. The molecular weight excluding hydrogens is 238 g/mol. The molecule has 0 amide bonds. The first kappa shape index (κ1) is 10.2. The van der Waals surface area contributed by atoms with E-state index >= 15 is 0 Å². The van der Waals surface area contributed by atoms with Crippen LogP contribution in [0.2, 0.25) is 5.02 Å². The molecule has 0 N–H and O–H groups in total. The summed E-state index contributed by atoms with van der Waals surface area (Å²) < 4.78 is 10.8. The molecule has 1 aromatic carbocycles. The predicted octanol–water partition coefficient (Wildman–Crippen LogP) is 4.26. The van der Waals surface area contributed by atoms with Crippen LogP contribution in [0.1, 0.15) is 0 Å². The van der Waals surface area contributed by atoms with Gasteiger partial charge in [-0.15, -0.1) is 0 Å². The van der Waals surface area contributed by atoms with E-state index in [-0.39, 0.29) is 0 Å². The van der Waals surface area contributed by atoms with E-state index in [1.54, 1.807) is 24.6 Å². The monoisotopic (exact) mass is 245 g/mol. The Morgan fingerprint density at radius 2 is 1.88 bits per heavy atom. The molecule has 0 saturated heterocycles. The van der Waals surface area contributed by atoms with E-state index in [9.17, 15) is 0 Å². The summed E-state index contributed by atoms with van der Waals surface area (Å²) >= 11 is 6.08. The zero-order chi connectivity index (χ0) is 11.7. The van der Waals surface area contributed by atoms with Crippen molar-refractivity contribution in [1.29, 1.82) is 0 Å². The Bertz CT molecular complexity index is 628. The van der Waals surface area contributed by atoms with Crippen molar-refractivity contribution in [2.75, 3.05) is 0 Å². The molecule has 3 aromatic rings. The second-order valence-electron chi connectivity index (χ2n) is 3.49. The molecule has 0 unspecified atom stereocenters. The van der Waals surface area contributed by atoms with Crippen molar-refractivity contribution in [3.63, 3.8) is 0 Å². The van der Waals surface area contributed by atoms with Crippen molar-refractivity contribution < 1.29 is 8.83 Å². The van der Waals surface area contributed by atoms with E-state index in [4.69, 9.17) is 20.4 Å². The number of hydrogen-bond donors (Lipinski definition) is 0. The third-order valence-electron chi connectivity index (χ3n) is 2.38. The van der Waals surface area contributed by atoms with Crippen molar-refractivity contribution in [2.24, 2.45) is 0 Å². The van der Waals surface area contributed by atoms with Crippen LogP contribution < -0.4 is 0 Å². The largest absolute Gasteiger partial charge is 0.459 e. The highest BCUT2D eigenvalue weighted by Gasteiger charge is 2.12. The lowest BCUT2D eigenvalue weighted by Crippen LogP contribution is -1.74. The zero-order valence-corrected chi connectivity index (χ0v) is 9.52. The summed E-state index contributed by atoms with van der Waals surface area (Å²) in [5, 5.41) is 0.634. The van der Waals surface area contributed by atoms with E-state index in [1.165, 1.54) is 0 Å². The van der Waals surface area contributed by atoms with Crippen molar-refractivity contribution in [2.45, 2.75) is 0 Å². The van der Waals surface area contributed by atoms with Crippen LogP contribution in [0.25, 0.3) is 23.0 Å². The maximum absolute atomic E-state index is 6.08. The summed E-state index contributed by atoms with van der Waals surface area (Å²) in [5.41, 5.74) is 0.819. The number of oxazole rings is 1. The van der Waals surface area contributed by atoms with Gasteiger partial charge in [-0.3, -0.25) is 0 Å². The van der Waals surface area contributed by atoms with Crippen LogP contribution in [0.15, 0.2) is 57.7 Å². The number of aromatic nitrogens is 1. The van der Waals surface area contributed by atoms with Gasteiger partial charge in [0.05, 0.1) is 17.5 Å². The number of hydrogen-bond acceptors (Lipinski definition) is 3. The first-order valence-electron chi connectivity index (χ1n) is 5.09. The first-order chi connectivity index (χ1) is 8.34. The highest BCUT2D eigenvalue weighted by Crippen LogP contribution is 2.30. The third kappa shape index (κ3) is 1.85. The quantitative estimate of drug-likeness (QED) is 0.677. The van der Waals surface area contributed by atoms with E-state index in [0.717, 1.165) is 5.56 Å². The van der Waals surface area contributed by atoms with E-state index in [1.807, 2.05) is 24.3 Å². The Balaban J connectivity index is 2.04. The molecule has 4 heteroatoms. The SMILES string of the molecule is Clc1ccccc1-c1cnc(-c2ccco2)o1. The number of nitrogens with zero attached hydrogens (tertiary/aromatic N) is 1. The molecule has 3 nitrogen and oxygen atoms in total. The molecule has 0 bridgehead atoms. The number of furan rings is 1. The predicted molar refractivity (Wildman–Crippen MR) is 64.7 cm³/mol. The molecule has 17 heavy (non-hydrogen) atoms. The average molecular weight is 246 g/mol. The molecule has 0 fully saturated rings. The van der Waals surface area contributed by atoms with E-state index < -0.39 is 0 Å². The smallest absolute Gasteiger partial charge is 0.263 e. The Labute approximate surface area is 103 Å². The maximum Gasteiger partial charge on any atom is 0.263 e. The molecule has 0 aliphatic rings. The maximum atomic E-state index is 6.08. The lowest BCUT2D eigenvalue weighted by molar-refractivity contribution is 0.524. The molecule has 0 aliphatic heterocycles. The van der Waals surface area contributed by atoms with Crippen molar-refractivity contribution in [1.82, 2.24) is 4.98 Å². The lowest BCUT2D eigenvalue weighted by Gasteiger charge is -1.97.